The molecule has 0 aliphatic heterocycles. The number of benzene rings is 1. The molecule has 0 atom stereocenters. The average Bonchev–Trinajstić information content (AvgIpc) is 2.07. The summed E-state index contributed by atoms with van der Waals surface area (Å²) in [4.78, 5) is 4.11. The van der Waals surface area contributed by atoms with E-state index in [-0.39, 0.29) is 0 Å². The molecule has 0 saturated heterocycles. The first-order valence-corrected chi connectivity index (χ1v) is 4.36. The Kier molecular flexibility index (Phi) is 1.73. The maximum Gasteiger partial charge on any atom is 0.106 e. The van der Waals surface area contributed by atoms with Crippen molar-refractivity contribution in [1.82, 2.24) is 4.98 Å². The van der Waals surface area contributed by atoms with E-state index in [1.807, 2.05) is 24.3 Å². The SMILES string of the molecule is Nc1cccc2cnc(Br)cc12. The van der Waals surface area contributed by atoms with Crippen LogP contribution in [0.5, 0.6) is 0 Å². The minimum Gasteiger partial charge on any atom is -0.398 e. The third-order valence-corrected chi connectivity index (χ3v) is 2.20. The third-order valence-electron chi connectivity index (χ3n) is 1.76. The number of halogens is 1. The van der Waals surface area contributed by atoms with Crippen molar-refractivity contribution in [3.05, 3.63) is 35.1 Å². The Hall–Kier alpha value is -1.09. The Balaban J connectivity index is 2.88. The highest BCUT2D eigenvalue weighted by molar-refractivity contribution is 9.10. The highest BCUT2D eigenvalue weighted by Gasteiger charge is 1.97. The predicted molar refractivity (Wildman–Crippen MR) is 53.9 cm³/mol. The molecule has 1 heterocycles. The molecule has 0 bridgehead atoms. The fourth-order valence-corrected chi connectivity index (χ4v) is 1.50. The molecule has 0 unspecified atom stereocenters. The second-order valence-electron chi connectivity index (χ2n) is 2.58. The number of rotatable bonds is 0. The highest BCUT2D eigenvalue weighted by atomic mass is 79.9. The standard InChI is InChI=1S/C9H7BrN2/c10-9-4-7-6(5-12-9)2-1-3-8(7)11/h1-5H,11H2. The summed E-state index contributed by atoms with van der Waals surface area (Å²) in [5, 5.41) is 2.11. The number of hydrogen-bond acceptors (Lipinski definition) is 2. The van der Waals surface area contributed by atoms with Crippen LogP contribution in [0.1, 0.15) is 0 Å². The lowest BCUT2D eigenvalue weighted by atomic mass is 10.1. The number of nitrogens with two attached hydrogens (primary N) is 1. The smallest absolute Gasteiger partial charge is 0.106 e. The lowest BCUT2D eigenvalue weighted by Gasteiger charge is -2.00. The summed E-state index contributed by atoms with van der Waals surface area (Å²) >= 11 is 3.30. The first-order chi connectivity index (χ1) is 5.77. The zero-order chi connectivity index (χ0) is 8.55. The van der Waals surface area contributed by atoms with Gasteiger partial charge in [-0.2, -0.15) is 0 Å². The zero-order valence-electron chi connectivity index (χ0n) is 6.29. The van der Waals surface area contributed by atoms with Gasteiger partial charge in [0, 0.05) is 22.7 Å². The Morgan fingerprint density at radius 2 is 2.17 bits per heavy atom. The number of aromatic nitrogens is 1. The van der Waals surface area contributed by atoms with E-state index in [0.717, 1.165) is 21.1 Å². The van der Waals surface area contributed by atoms with Gasteiger partial charge in [-0.25, -0.2) is 4.98 Å². The Morgan fingerprint density at radius 3 is 3.00 bits per heavy atom. The van der Waals surface area contributed by atoms with E-state index >= 15 is 0 Å². The van der Waals surface area contributed by atoms with Gasteiger partial charge in [-0.3, -0.25) is 0 Å². The van der Waals surface area contributed by atoms with E-state index in [9.17, 15) is 0 Å². The molecule has 0 fully saturated rings. The third kappa shape index (κ3) is 1.16. The summed E-state index contributed by atoms with van der Waals surface area (Å²) in [6.07, 6.45) is 1.80. The predicted octanol–water partition coefficient (Wildman–Crippen LogP) is 2.58. The van der Waals surface area contributed by atoms with Gasteiger partial charge in [-0.05, 0) is 28.1 Å². The minimum atomic E-state index is 0.788. The van der Waals surface area contributed by atoms with E-state index in [4.69, 9.17) is 5.73 Å². The number of nitrogen functional groups attached to an aromatic ring is 1. The van der Waals surface area contributed by atoms with Crippen LogP contribution in [-0.4, -0.2) is 4.98 Å². The largest absolute Gasteiger partial charge is 0.398 e. The van der Waals surface area contributed by atoms with Crippen molar-refractivity contribution in [2.45, 2.75) is 0 Å². The molecule has 1 aromatic heterocycles. The molecule has 2 N–H and O–H groups in total. The molecule has 0 aliphatic carbocycles. The lowest BCUT2D eigenvalue weighted by Crippen LogP contribution is -1.86. The van der Waals surface area contributed by atoms with Gasteiger partial charge >= 0.3 is 0 Å². The fourth-order valence-electron chi connectivity index (χ4n) is 1.17. The molecule has 0 amide bonds. The summed E-state index contributed by atoms with van der Waals surface area (Å²) in [5.41, 5.74) is 6.56. The van der Waals surface area contributed by atoms with E-state index < -0.39 is 0 Å². The van der Waals surface area contributed by atoms with Crippen molar-refractivity contribution in [1.29, 1.82) is 0 Å². The molecule has 1 aromatic carbocycles. The maximum atomic E-state index is 5.78. The van der Waals surface area contributed by atoms with Crippen LogP contribution < -0.4 is 5.73 Å². The summed E-state index contributed by atoms with van der Waals surface area (Å²) in [6.45, 7) is 0. The molecule has 0 radical (unpaired) electrons. The van der Waals surface area contributed by atoms with Crippen molar-refractivity contribution < 1.29 is 0 Å². The zero-order valence-corrected chi connectivity index (χ0v) is 7.88. The summed E-state index contributed by atoms with van der Waals surface area (Å²) in [6, 6.07) is 7.72. The normalized spacial score (nSPS) is 10.4. The average molecular weight is 223 g/mol. The number of hydrogen-bond donors (Lipinski definition) is 1. The van der Waals surface area contributed by atoms with Gasteiger partial charge in [-0.15, -0.1) is 0 Å². The summed E-state index contributed by atoms with van der Waals surface area (Å²) < 4.78 is 0.813. The molecule has 60 valence electrons. The number of nitrogens with zero attached hydrogens (tertiary/aromatic N) is 1. The topological polar surface area (TPSA) is 38.9 Å². The Labute approximate surface area is 78.5 Å². The van der Waals surface area contributed by atoms with Crippen molar-refractivity contribution in [2.75, 3.05) is 5.73 Å². The van der Waals surface area contributed by atoms with Crippen LogP contribution in [0, 0.1) is 0 Å². The van der Waals surface area contributed by atoms with Gasteiger partial charge in [-0.1, -0.05) is 12.1 Å². The molecule has 0 spiro atoms. The van der Waals surface area contributed by atoms with Gasteiger partial charge in [0.2, 0.25) is 0 Å². The second kappa shape index (κ2) is 2.75. The van der Waals surface area contributed by atoms with Crippen molar-refractivity contribution in [3.8, 4) is 0 Å². The van der Waals surface area contributed by atoms with Gasteiger partial charge in [0.05, 0.1) is 0 Å². The molecule has 2 aromatic rings. The van der Waals surface area contributed by atoms with Crippen LogP contribution in [0.25, 0.3) is 10.8 Å². The second-order valence-corrected chi connectivity index (χ2v) is 3.39. The van der Waals surface area contributed by atoms with Gasteiger partial charge in [0.1, 0.15) is 4.60 Å². The Morgan fingerprint density at radius 1 is 1.33 bits per heavy atom. The summed E-state index contributed by atoms with van der Waals surface area (Å²) in [7, 11) is 0. The molecular weight excluding hydrogens is 216 g/mol. The molecule has 0 aliphatic rings. The van der Waals surface area contributed by atoms with E-state index in [1.165, 1.54) is 0 Å². The maximum absolute atomic E-state index is 5.78. The van der Waals surface area contributed by atoms with Crippen LogP contribution >= 0.6 is 15.9 Å². The molecule has 2 rings (SSSR count). The first-order valence-electron chi connectivity index (χ1n) is 3.57. The molecular formula is C9H7BrN2. The Bertz CT molecular complexity index is 426. The summed E-state index contributed by atoms with van der Waals surface area (Å²) in [5.74, 6) is 0. The minimum absolute atomic E-state index is 0.788. The van der Waals surface area contributed by atoms with Crippen LogP contribution in [0.4, 0.5) is 5.69 Å². The van der Waals surface area contributed by atoms with E-state index in [1.54, 1.807) is 6.20 Å². The van der Waals surface area contributed by atoms with E-state index in [2.05, 4.69) is 20.9 Å². The van der Waals surface area contributed by atoms with Gasteiger partial charge < -0.3 is 5.73 Å². The lowest BCUT2D eigenvalue weighted by molar-refractivity contribution is 1.31. The van der Waals surface area contributed by atoms with Crippen LogP contribution in [0.2, 0.25) is 0 Å². The van der Waals surface area contributed by atoms with E-state index in [0.29, 0.717) is 0 Å². The number of pyridine rings is 1. The van der Waals surface area contributed by atoms with Crippen LogP contribution in [0.3, 0.4) is 0 Å². The van der Waals surface area contributed by atoms with Gasteiger partial charge in [0.25, 0.3) is 0 Å². The number of anilines is 1. The van der Waals surface area contributed by atoms with Crippen molar-refractivity contribution in [2.24, 2.45) is 0 Å². The van der Waals surface area contributed by atoms with Gasteiger partial charge in [0.15, 0.2) is 0 Å². The highest BCUT2D eigenvalue weighted by Crippen LogP contribution is 2.22. The molecule has 2 nitrogen and oxygen atoms in total. The molecule has 0 saturated carbocycles. The first kappa shape index (κ1) is 7.55. The number of fused-ring (bicyclic) bond motifs is 1. The van der Waals surface area contributed by atoms with Crippen molar-refractivity contribution >= 4 is 32.4 Å². The molecule has 12 heavy (non-hydrogen) atoms. The quantitative estimate of drug-likeness (QED) is 0.550. The van der Waals surface area contributed by atoms with Crippen LogP contribution in [0.15, 0.2) is 35.1 Å². The van der Waals surface area contributed by atoms with Crippen molar-refractivity contribution in [3.63, 3.8) is 0 Å². The van der Waals surface area contributed by atoms with Crippen LogP contribution in [-0.2, 0) is 0 Å². The molecule has 3 heteroatoms. The monoisotopic (exact) mass is 222 g/mol. The fraction of sp³-hybridized carbons (Fsp3) is 0.